The number of methoxy groups -OCH3 is 2. The van der Waals surface area contributed by atoms with Crippen molar-refractivity contribution in [3.05, 3.63) is 46.2 Å². The first kappa shape index (κ1) is 14.9. The molecule has 116 valence electrons. The Balaban J connectivity index is 1.94. The Morgan fingerprint density at radius 1 is 1.23 bits per heavy atom. The predicted molar refractivity (Wildman–Crippen MR) is 86.9 cm³/mol. The van der Waals surface area contributed by atoms with Crippen LogP contribution in [0.3, 0.4) is 0 Å². The third kappa shape index (κ3) is 2.57. The first-order chi connectivity index (χ1) is 10.8. The number of para-hydroxylation sites is 1. The molecule has 0 saturated carbocycles. The second-order valence-corrected chi connectivity index (χ2v) is 6.19. The standard InChI is InChI=1S/C17H19NO3S/c1-20-14-8-3-6-12(16(14)21-2)17(19)18-10-4-7-13(18)15-9-5-11-22-15/h3,5-6,8-9,11,13H,4,7,10H2,1-2H3. The van der Waals surface area contributed by atoms with Gasteiger partial charge in [0.1, 0.15) is 0 Å². The number of nitrogens with zero attached hydrogens (tertiary/aromatic N) is 1. The van der Waals surface area contributed by atoms with E-state index in [1.165, 1.54) is 4.88 Å². The Kier molecular flexibility index (Phi) is 4.34. The van der Waals surface area contributed by atoms with Crippen LogP contribution in [0.4, 0.5) is 0 Å². The van der Waals surface area contributed by atoms with Crippen molar-refractivity contribution in [3.8, 4) is 11.5 Å². The molecule has 1 unspecified atom stereocenters. The van der Waals surface area contributed by atoms with Crippen molar-refractivity contribution >= 4 is 17.2 Å². The maximum atomic E-state index is 13.0. The molecule has 0 spiro atoms. The van der Waals surface area contributed by atoms with Crippen LogP contribution in [0.2, 0.25) is 0 Å². The van der Waals surface area contributed by atoms with Crippen molar-refractivity contribution in [1.29, 1.82) is 0 Å². The van der Waals surface area contributed by atoms with Crippen LogP contribution in [0, 0.1) is 0 Å². The van der Waals surface area contributed by atoms with Crippen molar-refractivity contribution in [2.75, 3.05) is 20.8 Å². The average Bonchev–Trinajstić information content (AvgIpc) is 3.23. The van der Waals surface area contributed by atoms with Gasteiger partial charge in [-0.1, -0.05) is 12.1 Å². The molecule has 4 nitrogen and oxygen atoms in total. The Labute approximate surface area is 134 Å². The molecule has 1 aliphatic rings. The van der Waals surface area contributed by atoms with E-state index in [-0.39, 0.29) is 11.9 Å². The van der Waals surface area contributed by atoms with Crippen molar-refractivity contribution in [2.45, 2.75) is 18.9 Å². The van der Waals surface area contributed by atoms with E-state index in [0.717, 1.165) is 19.4 Å². The molecule has 22 heavy (non-hydrogen) atoms. The number of hydrogen-bond acceptors (Lipinski definition) is 4. The maximum absolute atomic E-state index is 13.0. The zero-order valence-corrected chi connectivity index (χ0v) is 13.6. The molecule has 0 bridgehead atoms. The van der Waals surface area contributed by atoms with Crippen LogP contribution in [0.1, 0.15) is 34.1 Å². The fraction of sp³-hybridized carbons (Fsp3) is 0.353. The third-order valence-electron chi connectivity index (χ3n) is 4.02. The van der Waals surface area contributed by atoms with Gasteiger partial charge in [-0.25, -0.2) is 0 Å². The maximum Gasteiger partial charge on any atom is 0.258 e. The van der Waals surface area contributed by atoms with Gasteiger partial charge in [0, 0.05) is 11.4 Å². The van der Waals surface area contributed by atoms with E-state index in [2.05, 4.69) is 11.4 Å². The molecule has 0 aliphatic carbocycles. The van der Waals surface area contributed by atoms with E-state index >= 15 is 0 Å². The minimum atomic E-state index is 0.00616. The minimum Gasteiger partial charge on any atom is -0.493 e. The molecule has 1 atom stereocenters. The lowest BCUT2D eigenvalue weighted by Gasteiger charge is -2.25. The van der Waals surface area contributed by atoms with Crippen molar-refractivity contribution in [1.82, 2.24) is 4.90 Å². The molecule has 1 fully saturated rings. The van der Waals surface area contributed by atoms with Gasteiger partial charge in [0.15, 0.2) is 11.5 Å². The van der Waals surface area contributed by atoms with Crippen molar-refractivity contribution in [3.63, 3.8) is 0 Å². The third-order valence-corrected chi connectivity index (χ3v) is 4.99. The van der Waals surface area contributed by atoms with Crippen LogP contribution in [0.15, 0.2) is 35.7 Å². The fourth-order valence-electron chi connectivity index (χ4n) is 3.00. The van der Waals surface area contributed by atoms with E-state index in [1.807, 2.05) is 17.0 Å². The number of ether oxygens (including phenoxy) is 2. The van der Waals surface area contributed by atoms with Gasteiger partial charge in [-0.3, -0.25) is 4.79 Å². The molecule has 1 aliphatic heterocycles. The Bertz CT molecular complexity index is 654. The lowest BCUT2D eigenvalue weighted by Crippen LogP contribution is -2.30. The van der Waals surface area contributed by atoms with Gasteiger partial charge in [0.25, 0.3) is 5.91 Å². The highest BCUT2D eigenvalue weighted by Crippen LogP contribution is 2.38. The highest BCUT2D eigenvalue weighted by atomic mass is 32.1. The van der Waals surface area contributed by atoms with Gasteiger partial charge >= 0.3 is 0 Å². The number of thiophene rings is 1. The molecule has 1 amide bonds. The molecule has 0 N–H and O–H groups in total. The van der Waals surface area contributed by atoms with Crippen molar-refractivity contribution < 1.29 is 14.3 Å². The largest absolute Gasteiger partial charge is 0.493 e. The smallest absolute Gasteiger partial charge is 0.258 e. The molecule has 1 saturated heterocycles. The summed E-state index contributed by atoms with van der Waals surface area (Å²) < 4.78 is 10.7. The number of rotatable bonds is 4. The Hall–Kier alpha value is -2.01. The van der Waals surface area contributed by atoms with Crippen LogP contribution in [-0.2, 0) is 0 Å². The summed E-state index contributed by atoms with van der Waals surface area (Å²) in [6.07, 6.45) is 2.04. The normalized spacial score (nSPS) is 17.5. The summed E-state index contributed by atoms with van der Waals surface area (Å²) >= 11 is 1.70. The van der Waals surface area contributed by atoms with Crippen LogP contribution < -0.4 is 9.47 Å². The number of carbonyl (C=O) groups is 1. The number of likely N-dealkylation sites (tertiary alicyclic amines) is 1. The highest BCUT2D eigenvalue weighted by Gasteiger charge is 2.32. The zero-order valence-electron chi connectivity index (χ0n) is 12.7. The van der Waals surface area contributed by atoms with E-state index in [9.17, 15) is 4.79 Å². The molecule has 1 aromatic carbocycles. The summed E-state index contributed by atoms with van der Waals surface area (Å²) in [5.41, 5.74) is 0.560. The summed E-state index contributed by atoms with van der Waals surface area (Å²) in [7, 11) is 3.14. The monoisotopic (exact) mass is 317 g/mol. The van der Waals surface area contributed by atoms with Gasteiger partial charge in [0.05, 0.1) is 25.8 Å². The van der Waals surface area contributed by atoms with E-state index in [4.69, 9.17) is 9.47 Å². The summed E-state index contributed by atoms with van der Waals surface area (Å²) in [6.45, 7) is 0.780. The first-order valence-corrected chi connectivity index (χ1v) is 8.19. The molecule has 3 rings (SSSR count). The molecular formula is C17H19NO3S. The second kappa shape index (κ2) is 6.40. The first-order valence-electron chi connectivity index (χ1n) is 7.31. The summed E-state index contributed by atoms with van der Waals surface area (Å²) in [5.74, 6) is 1.10. The number of benzene rings is 1. The molecular weight excluding hydrogens is 298 g/mol. The minimum absolute atomic E-state index is 0.00616. The number of amides is 1. The van der Waals surface area contributed by atoms with Gasteiger partial charge in [-0.15, -0.1) is 11.3 Å². The van der Waals surface area contributed by atoms with Crippen molar-refractivity contribution in [2.24, 2.45) is 0 Å². The van der Waals surface area contributed by atoms with Gasteiger partial charge < -0.3 is 14.4 Å². The SMILES string of the molecule is COc1cccc(C(=O)N2CCCC2c2cccs2)c1OC. The topological polar surface area (TPSA) is 38.8 Å². The number of carbonyl (C=O) groups excluding carboxylic acids is 1. The predicted octanol–water partition coefficient (Wildman–Crippen LogP) is 3.74. The Morgan fingerprint density at radius 3 is 2.77 bits per heavy atom. The fourth-order valence-corrected chi connectivity index (χ4v) is 3.87. The van der Waals surface area contributed by atoms with E-state index < -0.39 is 0 Å². The molecule has 2 heterocycles. The van der Waals surface area contributed by atoms with Crippen LogP contribution >= 0.6 is 11.3 Å². The lowest BCUT2D eigenvalue weighted by molar-refractivity contribution is 0.0734. The van der Waals surface area contributed by atoms with E-state index in [1.54, 1.807) is 37.7 Å². The molecule has 2 aromatic rings. The van der Waals surface area contributed by atoms with Gasteiger partial charge in [0.2, 0.25) is 0 Å². The summed E-state index contributed by atoms with van der Waals surface area (Å²) in [5, 5.41) is 2.06. The Morgan fingerprint density at radius 2 is 2.09 bits per heavy atom. The average molecular weight is 317 g/mol. The van der Waals surface area contributed by atoms with Gasteiger partial charge in [-0.05, 0) is 36.4 Å². The summed E-state index contributed by atoms with van der Waals surface area (Å²) in [6, 6.07) is 9.73. The molecule has 1 aromatic heterocycles. The van der Waals surface area contributed by atoms with Gasteiger partial charge in [-0.2, -0.15) is 0 Å². The second-order valence-electron chi connectivity index (χ2n) is 5.21. The van der Waals surface area contributed by atoms with Crippen LogP contribution in [0.5, 0.6) is 11.5 Å². The highest BCUT2D eigenvalue weighted by molar-refractivity contribution is 7.10. The summed E-state index contributed by atoms with van der Waals surface area (Å²) in [4.78, 5) is 16.2. The van der Waals surface area contributed by atoms with Crippen LogP contribution in [0.25, 0.3) is 0 Å². The zero-order chi connectivity index (χ0) is 15.5. The van der Waals surface area contributed by atoms with Crippen LogP contribution in [-0.4, -0.2) is 31.6 Å². The molecule has 0 radical (unpaired) electrons. The quantitative estimate of drug-likeness (QED) is 0.862. The molecule has 5 heteroatoms. The lowest BCUT2D eigenvalue weighted by atomic mass is 10.1. The number of hydrogen-bond donors (Lipinski definition) is 0. The van der Waals surface area contributed by atoms with E-state index in [0.29, 0.717) is 17.1 Å².